The van der Waals surface area contributed by atoms with Gasteiger partial charge >= 0.3 is 0 Å². The van der Waals surface area contributed by atoms with Gasteiger partial charge in [-0.3, -0.25) is 9.69 Å². The third kappa shape index (κ3) is 3.23. The Bertz CT molecular complexity index is 296. The van der Waals surface area contributed by atoms with Crippen molar-refractivity contribution in [2.24, 2.45) is 5.92 Å². The minimum Gasteiger partial charge on any atom is -0.389 e. The molecule has 1 aliphatic carbocycles. The van der Waals surface area contributed by atoms with Crippen LogP contribution in [0.1, 0.15) is 46.0 Å². The summed E-state index contributed by atoms with van der Waals surface area (Å²) in [5.41, 5.74) is -0.496. The molecule has 1 amide bonds. The fourth-order valence-electron chi connectivity index (χ4n) is 3.46. The van der Waals surface area contributed by atoms with E-state index in [2.05, 4.69) is 10.2 Å². The second-order valence-electron chi connectivity index (χ2n) is 6.18. The average molecular weight is 254 g/mol. The Morgan fingerprint density at radius 1 is 1.39 bits per heavy atom. The van der Waals surface area contributed by atoms with Crippen molar-refractivity contribution < 1.29 is 9.90 Å². The highest BCUT2D eigenvalue weighted by molar-refractivity contribution is 5.72. The maximum absolute atomic E-state index is 10.9. The molecule has 2 rings (SSSR count). The molecule has 0 aromatic rings. The highest BCUT2D eigenvalue weighted by Crippen LogP contribution is 2.35. The lowest BCUT2D eigenvalue weighted by atomic mass is 9.92. The van der Waals surface area contributed by atoms with E-state index in [1.807, 2.05) is 6.92 Å². The molecule has 1 saturated carbocycles. The molecule has 2 N–H and O–H groups in total. The van der Waals surface area contributed by atoms with Crippen molar-refractivity contribution in [1.82, 2.24) is 10.2 Å². The summed E-state index contributed by atoms with van der Waals surface area (Å²) < 4.78 is 0. The summed E-state index contributed by atoms with van der Waals surface area (Å²) in [7, 11) is 0. The van der Waals surface area contributed by atoms with Crippen LogP contribution in [0.5, 0.6) is 0 Å². The Kier molecular flexibility index (Phi) is 4.28. The number of piperidine rings is 1. The predicted molar refractivity (Wildman–Crippen MR) is 71.2 cm³/mol. The summed E-state index contributed by atoms with van der Waals surface area (Å²) in [5.74, 6) is 0.674. The van der Waals surface area contributed by atoms with Gasteiger partial charge in [0.05, 0.1) is 5.60 Å². The van der Waals surface area contributed by atoms with Gasteiger partial charge < -0.3 is 10.4 Å². The monoisotopic (exact) mass is 254 g/mol. The van der Waals surface area contributed by atoms with Gasteiger partial charge in [-0.1, -0.05) is 0 Å². The number of nitrogens with zero attached hydrogens (tertiary/aromatic N) is 1. The number of hydrogen-bond acceptors (Lipinski definition) is 3. The van der Waals surface area contributed by atoms with Crippen LogP contribution in [0.2, 0.25) is 0 Å². The lowest BCUT2D eigenvalue weighted by Gasteiger charge is -2.40. The van der Waals surface area contributed by atoms with Gasteiger partial charge in [0, 0.05) is 19.5 Å². The first-order chi connectivity index (χ1) is 8.49. The molecule has 0 radical (unpaired) electrons. The smallest absolute Gasteiger partial charge is 0.216 e. The molecule has 1 saturated heterocycles. The molecule has 4 nitrogen and oxygen atoms in total. The number of hydrogen-bond donors (Lipinski definition) is 2. The molecular formula is C14H26N2O2. The van der Waals surface area contributed by atoms with Gasteiger partial charge in [-0.25, -0.2) is 0 Å². The van der Waals surface area contributed by atoms with Crippen molar-refractivity contribution in [2.75, 3.05) is 19.6 Å². The van der Waals surface area contributed by atoms with E-state index in [9.17, 15) is 9.90 Å². The molecule has 1 heterocycles. The highest BCUT2D eigenvalue weighted by Gasteiger charge is 2.41. The Labute approximate surface area is 110 Å². The predicted octanol–water partition coefficient (Wildman–Crippen LogP) is 1.14. The second-order valence-corrected chi connectivity index (χ2v) is 6.18. The summed E-state index contributed by atoms with van der Waals surface area (Å²) in [4.78, 5) is 13.3. The zero-order chi connectivity index (χ0) is 13.2. The topological polar surface area (TPSA) is 52.6 Å². The summed E-state index contributed by atoms with van der Waals surface area (Å²) in [6.07, 6.45) is 5.47. The van der Waals surface area contributed by atoms with E-state index in [1.54, 1.807) is 6.92 Å². The van der Waals surface area contributed by atoms with Gasteiger partial charge in [0.1, 0.15) is 0 Å². The van der Waals surface area contributed by atoms with Crippen molar-refractivity contribution in [3.05, 3.63) is 0 Å². The molecule has 2 aliphatic rings. The lowest BCUT2D eigenvalue weighted by molar-refractivity contribution is -0.119. The molecule has 2 fully saturated rings. The number of amides is 1. The molecule has 0 spiro atoms. The maximum Gasteiger partial charge on any atom is 0.216 e. The molecule has 2 atom stereocenters. The van der Waals surface area contributed by atoms with E-state index in [4.69, 9.17) is 0 Å². The summed E-state index contributed by atoms with van der Waals surface area (Å²) >= 11 is 0. The normalized spacial score (nSPS) is 34.7. The summed E-state index contributed by atoms with van der Waals surface area (Å²) in [5, 5.41) is 13.3. The third-order valence-corrected chi connectivity index (χ3v) is 4.61. The maximum atomic E-state index is 10.9. The molecule has 0 aromatic heterocycles. The van der Waals surface area contributed by atoms with Crippen LogP contribution in [0, 0.1) is 5.92 Å². The van der Waals surface area contributed by atoms with Crippen molar-refractivity contribution in [3.8, 4) is 0 Å². The molecule has 4 heteroatoms. The fourth-order valence-corrected chi connectivity index (χ4v) is 3.46. The number of carbonyl (C=O) groups is 1. The average Bonchev–Trinajstić information content (AvgIpc) is 2.67. The SMILES string of the molecule is CC(=O)NCC1CCN(C2CCCC2(C)O)CC1. The molecular weight excluding hydrogens is 228 g/mol. The fraction of sp³-hybridized carbons (Fsp3) is 0.929. The number of rotatable bonds is 3. The van der Waals surface area contributed by atoms with Crippen LogP contribution in [0.25, 0.3) is 0 Å². The minimum atomic E-state index is -0.496. The zero-order valence-corrected chi connectivity index (χ0v) is 11.6. The van der Waals surface area contributed by atoms with E-state index in [0.717, 1.165) is 51.7 Å². The van der Waals surface area contributed by atoms with Gasteiger partial charge in [-0.05, 0) is 58.0 Å². The molecule has 1 aliphatic heterocycles. The van der Waals surface area contributed by atoms with E-state index in [-0.39, 0.29) is 5.91 Å². The van der Waals surface area contributed by atoms with Gasteiger partial charge in [0.15, 0.2) is 0 Å². The Hall–Kier alpha value is -0.610. The Morgan fingerprint density at radius 3 is 2.56 bits per heavy atom. The van der Waals surface area contributed by atoms with Crippen LogP contribution < -0.4 is 5.32 Å². The van der Waals surface area contributed by atoms with Gasteiger partial charge in [0.25, 0.3) is 0 Å². The van der Waals surface area contributed by atoms with Crippen LogP contribution in [0.4, 0.5) is 0 Å². The van der Waals surface area contributed by atoms with E-state index in [1.165, 1.54) is 0 Å². The van der Waals surface area contributed by atoms with Crippen molar-refractivity contribution >= 4 is 5.91 Å². The van der Waals surface area contributed by atoms with Crippen LogP contribution >= 0.6 is 0 Å². The number of aliphatic hydroxyl groups is 1. The van der Waals surface area contributed by atoms with E-state index >= 15 is 0 Å². The van der Waals surface area contributed by atoms with Crippen LogP contribution in [-0.2, 0) is 4.79 Å². The standard InChI is InChI=1S/C14H26N2O2/c1-11(17)15-10-12-5-8-16(9-6-12)13-4-3-7-14(13,2)18/h12-13,18H,3-10H2,1-2H3,(H,15,17). The summed E-state index contributed by atoms with van der Waals surface area (Å²) in [6, 6.07) is 0.346. The largest absolute Gasteiger partial charge is 0.389 e. The first-order valence-electron chi connectivity index (χ1n) is 7.20. The first kappa shape index (κ1) is 13.8. The number of carbonyl (C=O) groups excluding carboxylic acids is 1. The highest BCUT2D eigenvalue weighted by atomic mass is 16.3. The van der Waals surface area contributed by atoms with Gasteiger partial charge in [-0.15, -0.1) is 0 Å². The number of nitrogens with one attached hydrogen (secondary N) is 1. The Morgan fingerprint density at radius 2 is 2.06 bits per heavy atom. The van der Waals surface area contributed by atoms with Crippen LogP contribution in [-0.4, -0.2) is 47.2 Å². The zero-order valence-electron chi connectivity index (χ0n) is 11.6. The molecule has 2 unspecified atom stereocenters. The quantitative estimate of drug-likeness (QED) is 0.794. The van der Waals surface area contributed by atoms with Crippen molar-refractivity contribution in [1.29, 1.82) is 0 Å². The second kappa shape index (κ2) is 5.57. The lowest BCUT2D eigenvalue weighted by Crippen LogP contribution is -2.51. The van der Waals surface area contributed by atoms with Crippen LogP contribution in [0.3, 0.4) is 0 Å². The molecule has 104 valence electrons. The molecule has 0 bridgehead atoms. The van der Waals surface area contributed by atoms with Crippen molar-refractivity contribution in [2.45, 2.75) is 57.6 Å². The molecule has 0 aromatic carbocycles. The first-order valence-corrected chi connectivity index (χ1v) is 7.20. The van der Waals surface area contributed by atoms with E-state index < -0.39 is 5.60 Å². The van der Waals surface area contributed by atoms with Gasteiger partial charge in [0.2, 0.25) is 5.91 Å². The minimum absolute atomic E-state index is 0.0659. The third-order valence-electron chi connectivity index (χ3n) is 4.61. The molecule has 18 heavy (non-hydrogen) atoms. The number of likely N-dealkylation sites (tertiary alicyclic amines) is 1. The van der Waals surface area contributed by atoms with Crippen molar-refractivity contribution in [3.63, 3.8) is 0 Å². The van der Waals surface area contributed by atoms with Crippen LogP contribution in [0.15, 0.2) is 0 Å². The summed E-state index contributed by atoms with van der Waals surface area (Å²) in [6.45, 7) is 6.49. The Balaban J connectivity index is 1.78. The van der Waals surface area contributed by atoms with Gasteiger partial charge in [-0.2, -0.15) is 0 Å². The van der Waals surface area contributed by atoms with E-state index in [0.29, 0.717) is 12.0 Å².